The normalized spacial score (nSPS) is 19.3. The van der Waals surface area contributed by atoms with Crippen LogP contribution in [0.3, 0.4) is 0 Å². The molecule has 6 nitrogen and oxygen atoms in total. The summed E-state index contributed by atoms with van der Waals surface area (Å²) in [6.45, 7) is 11.6. The summed E-state index contributed by atoms with van der Waals surface area (Å²) >= 11 is 0. The van der Waals surface area contributed by atoms with Gasteiger partial charge in [-0.1, -0.05) is 50.8 Å². The molecule has 34 heavy (non-hydrogen) atoms. The maximum Gasteiger partial charge on any atom is 0.251 e. The lowest BCUT2D eigenvalue weighted by Crippen LogP contribution is -2.34. The molecule has 0 bridgehead atoms. The lowest BCUT2D eigenvalue weighted by atomic mass is 10.0. The maximum absolute atomic E-state index is 13.1. The van der Waals surface area contributed by atoms with Crippen molar-refractivity contribution in [2.45, 2.75) is 52.5 Å². The molecule has 3 rings (SSSR count). The van der Waals surface area contributed by atoms with Crippen molar-refractivity contribution in [2.75, 3.05) is 13.1 Å². The van der Waals surface area contributed by atoms with Crippen molar-refractivity contribution in [2.24, 2.45) is 16.6 Å². The zero-order chi connectivity index (χ0) is 24.7. The van der Waals surface area contributed by atoms with Crippen molar-refractivity contribution in [1.29, 1.82) is 0 Å². The molecule has 3 N–H and O–H groups in total. The Hall–Kier alpha value is -3.41. The van der Waals surface area contributed by atoms with Gasteiger partial charge in [-0.15, -0.1) is 0 Å². The third-order valence-corrected chi connectivity index (χ3v) is 6.00. The second-order valence-corrected chi connectivity index (χ2v) is 8.90. The Morgan fingerprint density at radius 1 is 1.24 bits per heavy atom. The van der Waals surface area contributed by atoms with E-state index in [9.17, 15) is 9.59 Å². The predicted molar refractivity (Wildman–Crippen MR) is 140 cm³/mol. The first-order valence-electron chi connectivity index (χ1n) is 12.1. The summed E-state index contributed by atoms with van der Waals surface area (Å²) in [5, 5.41) is 3.09. The Morgan fingerprint density at radius 3 is 2.65 bits per heavy atom. The molecule has 1 aromatic carbocycles. The second-order valence-electron chi connectivity index (χ2n) is 8.90. The van der Waals surface area contributed by atoms with E-state index < -0.39 is 0 Å². The van der Waals surface area contributed by atoms with Crippen molar-refractivity contribution in [1.82, 2.24) is 10.2 Å². The lowest BCUT2D eigenvalue weighted by molar-refractivity contribution is -0.127. The number of hydrogen-bond acceptors (Lipinski definition) is 4. The van der Waals surface area contributed by atoms with E-state index in [4.69, 9.17) is 5.73 Å². The smallest absolute Gasteiger partial charge is 0.251 e. The number of aliphatic imine (C=N–C) groups is 1. The summed E-state index contributed by atoms with van der Waals surface area (Å²) in [6.07, 6.45) is 12.7. The van der Waals surface area contributed by atoms with Crippen LogP contribution in [-0.2, 0) is 4.79 Å². The molecule has 1 aliphatic heterocycles. The van der Waals surface area contributed by atoms with Gasteiger partial charge in [0.05, 0.1) is 5.69 Å². The van der Waals surface area contributed by atoms with Gasteiger partial charge in [-0.3, -0.25) is 9.59 Å². The van der Waals surface area contributed by atoms with E-state index >= 15 is 0 Å². The van der Waals surface area contributed by atoms with Crippen LogP contribution in [0.2, 0.25) is 0 Å². The molecule has 0 radical (unpaired) electrons. The topological polar surface area (TPSA) is 87.8 Å². The first-order valence-corrected chi connectivity index (χ1v) is 12.1. The van der Waals surface area contributed by atoms with Crippen LogP contribution in [0.15, 0.2) is 65.2 Å². The number of rotatable bonds is 10. The van der Waals surface area contributed by atoms with Crippen LogP contribution in [0.1, 0.15) is 62.4 Å². The lowest BCUT2D eigenvalue weighted by Gasteiger charge is -2.22. The van der Waals surface area contributed by atoms with Gasteiger partial charge in [0.15, 0.2) is 0 Å². The Balaban J connectivity index is 1.73. The van der Waals surface area contributed by atoms with Gasteiger partial charge in [-0.2, -0.15) is 0 Å². The number of amides is 2. The fourth-order valence-electron chi connectivity index (χ4n) is 4.16. The van der Waals surface area contributed by atoms with Crippen molar-refractivity contribution in [3.63, 3.8) is 0 Å². The van der Waals surface area contributed by atoms with E-state index in [2.05, 4.69) is 30.7 Å². The Morgan fingerprint density at radius 2 is 1.97 bits per heavy atom. The summed E-state index contributed by atoms with van der Waals surface area (Å²) in [5.74, 6) is 0.497. The highest BCUT2D eigenvalue weighted by Crippen LogP contribution is 2.37. The van der Waals surface area contributed by atoms with Gasteiger partial charge in [-0.05, 0) is 50.0 Å². The van der Waals surface area contributed by atoms with Crippen LogP contribution in [0.25, 0.3) is 6.08 Å². The number of nitrogens with two attached hydrogens (primary N) is 1. The van der Waals surface area contributed by atoms with E-state index in [-0.39, 0.29) is 23.8 Å². The van der Waals surface area contributed by atoms with Crippen LogP contribution >= 0.6 is 0 Å². The van der Waals surface area contributed by atoms with Crippen molar-refractivity contribution < 1.29 is 9.59 Å². The van der Waals surface area contributed by atoms with Gasteiger partial charge >= 0.3 is 0 Å². The van der Waals surface area contributed by atoms with Crippen molar-refractivity contribution in [3.8, 4) is 0 Å². The van der Waals surface area contributed by atoms with E-state index in [0.29, 0.717) is 42.2 Å². The molecular formula is C28H36N4O2. The van der Waals surface area contributed by atoms with Gasteiger partial charge in [0.1, 0.15) is 5.84 Å². The van der Waals surface area contributed by atoms with E-state index in [0.717, 1.165) is 30.4 Å². The van der Waals surface area contributed by atoms with Gasteiger partial charge in [0, 0.05) is 48.2 Å². The largest absolute Gasteiger partial charge is 0.387 e. The van der Waals surface area contributed by atoms with E-state index in [1.807, 2.05) is 48.3 Å². The zero-order valence-corrected chi connectivity index (χ0v) is 20.5. The summed E-state index contributed by atoms with van der Waals surface area (Å²) in [4.78, 5) is 32.4. The minimum Gasteiger partial charge on any atom is -0.387 e. The third-order valence-electron chi connectivity index (χ3n) is 6.00. The molecule has 0 aromatic heterocycles. The maximum atomic E-state index is 13.1. The Bertz CT molecular complexity index is 1060. The summed E-state index contributed by atoms with van der Waals surface area (Å²) in [6, 6.07) is 5.45. The summed E-state index contributed by atoms with van der Waals surface area (Å²) in [7, 11) is 0. The molecule has 180 valence electrons. The van der Waals surface area contributed by atoms with Crippen LogP contribution in [0.5, 0.6) is 0 Å². The highest BCUT2D eigenvalue weighted by atomic mass is 16.2. The Labute approximate surface area is 203 Å². The second kappa shape index (κ2) is 11.6. The summed E-state index contributed by atoms with van der Waals surface area (Å²) < 4.78 is 0. The number of carbonyl (C=O) groups is 2. The van der Waals surface area contributed by atoms with Crippen molar-refractivity contribution in [3.05, 3.63) is 71.4 Å². The number of nitrogens with zero attached hydrogens (tertiary/aromatic N) is 2. The average molecular weight is 461 g/mol. The molecule has 1 saturated carbocycles. The molecule has 1 fully saturated rings. The van der Waals surface area contributed by atoms with Crippen LogP contribution < -0.4 is 11.1 Å². The number of hydrogen-bond donors (Lipinski definition) is 2. The quantitative estimate of drug-likeness (QED) is 0.486. The molecule has 2 amide bonds. The highest BCUT2D eigenvalue weighted by Gasteiger charge is 2.39. The van der Waals surface area contributed by atoms with Gasteiger partial charge in [0.2, 0.25) is 5.91 Å². The first-order chi connectivity index (χ1) is 16.4. The number of fused-ring (bicyclic) bond motifs is 1. The van der Waals surface area contributed by atoms with Gasteiger partial charge in [0.25, 0.3) is 5.91 Å². The van der Waals surface area contributed by atoms with E-state index in [1.165, 1.54) is 0 Å². The SMILES string of the molecule is C=C(/C=C\C=C/C)[C@@H]1C[C@H]1NC(=O)c1ccc2c(c1)N=C(N)CC(C(=O)N(CCC)CCC)=C2. The Kier molecular flexibility index (Phi) is 8.63. The molecular weight excluding hydrogens is 424 g/mol. The molecule has 1 aromatic rings. The van der Waals surface area contributed by atoms with Gasteiger partial charge < -0.3 is 16.0 Å². The number of benzene rings is 1. The minimum atomic E-state index is -0.143. The molecule has 0 saturated heterocycles. The van der Waals surface area contributed by atoms with Crippen LogP contribution in [-0.4, -0.2) is 41.7 Å². The predicted octanol–water partition coefficient (Wildman–Crippen LogP) is 4.92. The van der Waals surface area contributed by atoms with Crippen LogP contribution in [0.4, 0.5) is 5.69 Å². The minimum absolute atomic E-state index is 0.000000964. The first kappa shape index (κ1) is 25.2. The van der Waals surface area contributed by atoms with Crippen molar-refractivity contribution >= 4 is 29.4 Å². The van der Waals surface area contributed by atoms with Crippen LogP contribution in [0, 0.1) is 5.92 Å². The highest BCUT2D eigenvalue weighted by molar-refractivity contribution is 6.06. The third kappa shape index (κ3) is 6.34. The molecule has 1 heterocycles. The summed E-state index contributed by atoms with van der Waals surface area (Å²) in [5.41, 5.74) is 9.73. The fourth-order valence-corrected chi connectivity index (χ4v) is 4.16. The van der Waals surface area contributed by atoms with Gasteiger partial charge in [-0.25, -0.2) is 4.99 Å². The molecule has 2 atom stereocenters. The number of carbonyl (C=O) groups excluding carboxylic acids is 2. The monoisotopic (exact) mass is 460 g/mol. The molecule has 0 spiro atoms. The fraction of sp³-hybridized carbons (Fsp3) is 0.393. The number of amidine groups is 1. The molecule has 0 unspecified atom stereocenters. The molecule has 2 aliphatic rings. The van der Waals surface area contributed by atoms with E-state index in [1.54, 1.807) is 12.1 Å². The molecule has 6 heteroatoms. The number of nitrogens with one attached hydrogen (secondary N) is 1. The number of allylic oxidation sites excluding steroid dienone is 4. The standard InChI is InChI=1S/C28H36N4O2/c1-5-8-9-10-19(4)23-18-25(23)31-27(33)21-12-11-20-15-22(17-26(29)30-24(20)16-21)28(34)32(13-6-2)14-7-3/h5,8-12,15-16,23,25H,4,6-7,13-14,17-18H2,1-3H3,(H2,29,30)(H,31,33)/b8-5-,10-9-/t23-,25+/m0/s1. The average Bonchev–Trinajstić information content (AvgIpc) is 3.60. The molecule has 1 aliphatic carbocycles. The zero-order valence-electron chi connectivity index (χ0n) is 20.5.